The highest BCUT2D eigenvalue weighted by Crippen LogP contribution is 2.18. The number of rotatable bonds is 6. The fraction of sp³-hybridized carbons (Fsp3) is 0.455. The number of guanidine groups is 1. The highest BCUT2D eigenvalue weighted by molar-refractivity contribution is 5.79. The van der Waals surface area contributed by atoms with Gasteiger partial charge < -0.3 is 15.5 Å². The summed E-state index contributed by atoms with van der Waals surface area (Å²) < 4.78 is 0. The van der Waals surface area contributed by atoms with Gasteiger partial charge in [-0.05, 0) is 48.9 Å². The Bertz CT molecular complexity index is 765. The molecule has 0 bridgehead atoms. The number of hydrogen-bond acceptors (Lipinski definition) is 3. The van der Waals surface area contributed by atoms with Crippen LogP contribution in [0.15, 0.2) is 47.6 Å². The maximum absolute atomic E-state index is 4.52. The topological polar surface area (TPSA) is 52.6 Å². The lowest BCUT2D eigenvalue weighted by Gasteiger charge is -2.18. The summed E-state index contributed by atoms with van der Waals surface area (Å²) in [5, 5.41) is 6.85. The predicted octanol–water partition coefficient (Wildman–Crippen LogP) is 3.46. The minimum atomic E-state index is 0.422. The summed E-state index contributed by atoms with van der Waals surface area (Å²) in [5.74, 6) is 2.34. The van der Waals surface area contributed by atoms with Crippen LogP contribution in [0.1, 0.15) is 42.4 Å². The van der Waals surface area contributed by atoms with Crippen LogP contribution >= 0.6 is 0 Å². The molecular formula is C22H31N5. The minimum absolute atomic E-state index is 0.422. The standard InChI is InChI=1S/C22H31N5/c1-17-7-6-8-20(13-17)18(2)15-25-22(23-3)26-16-19-9-10-24-21(14-19)27-11-4-5-12-27/h6-10,13-14,18H,4-5,11-12,15-16H2,1-3H3,(H2,23,25,26). The van der Waals surface area contributed by atoms with Gasteiger partial charge in [0, 0.05) is 39.4 Å². The fourth-order valence-electron chi connectivity index (χ4n) is 3.44. The van der Waals surface area contributed by atoms with Gasteiger partial charge in [-0.3, -0.25) is 4.99 Å². The Balaban J connectivity index is 1.51. The highest BCUT2D eigenvalue weighted by Gasteiger charge is 2.13. The molecule has 1 fully saturated rings. The molecule has 144 valence electrons. The molecule has 0 saturated carbocycles. The van der Waals surface area contributed by atoms with Gasteiger partial charge in [-0.25, -0.2) is 4.98 Å². The van der Waals surface area contributed by atoms with Gasteiger partial charge in [0.2, 0.25) is 0 Å². The first kappa shape index (κ1) is 19.2. The van der Waals surface area contributed by atoms with Crippen molar-refractivity contribution in [2.45, 2.75) is 39.2 Å². The van der Waals surface area contributed by atoms with Crippen molar-refractivity contribution in [3.8, 4) is 0 Å². The first-order valence-electron chi connectivity index (χ1n) is 9.86. The molecule has 3 rings (SSSR count). The summed E-state index contributed by atoms with van der Waals surface area (Å²) in [5.41, 5.74) is 3.87. The zero-order chi connectivity index (χ0) is 19.1. The fourth-order valence-corrected chi connectivity index (χ4v) is 3.44. The van der Waals surface area contributed by atoms with Crippen molar-refractivity contribution in [2.24, 2.45) is 4.99 Å². The lowest BCUT2D eigenvalue weighted by molar-refractivity contribution is 0.698. The summed E-state index contributed by atoms with van der Waals surface area (Å²) in [6.45, 7) is 8.18. The van der Waals surface area contributed by atoms with Gasteiger partial charge in [0.05, 0.1) is 0 Å². The number of pyridine rings is 1. The van der Waals surface area contributed by atoms with Crippen LogP contribution in [0.5, 0.6) is 0 Å². The Labute approximate surface area is 162 Å². The van der Waals surface area contributed by atoms with E-state index in [1.165, 1.54) is 29.5 Å². The summed E-state index contributed by atoms with van der Waals surface area (Å²) in [6, 6.07) is 12.9. The third-order valence-electron chi connectivity index (χ3n) is 5.11. The van der Waals surface area contributed by atoms with E-state index in [1.807, 2.05) is 13.2 Å². The Morgan fingerprint density at radius 1 is 1.19 bits per heavy atom. The molecule has 2 N–H and O–H groups in total. The molecule has 0 amide bonds. The molecule has 27 heavy (non-hydrogen) atoms. The van der Waals surface area contributed by atoms with Crippen LogP contribution in [0.2, 0.25) is 0 Å². The number of aryl methyl sites for hydroxylation is 1. The number of hydrogen-bond donors (Lipinski definition) is 2. The number of nitrogens with one attached hydrogen (secondary N) is 2. The van der Waals surface area contributed by atoms with E-state index < -0.39 is 0 Å². The maximum Gasteiger partial charge on any atom is 0.191 e. The smallest absolute Gasteiger partial charge is 0.191 e. The van der Waals surface area contributed by atoms with Gasteiger partial charge >= 0.3 is 0 Å². The lowest BCUT2D eigenvalue weighted by Crippen LogP contribution is -2.38. The van der Waals surface area contributed by atoms with Crippen LogP contribution in [-0.2, 0) is 6.54 Å². The van der Waals surface area contributed by atoms with E-state index in [9.17, 15) is 0 Å². The zero-order valence-electron chi connectivity index (χ0n) is 16.7. The van der Waals surface area contributed by atoms with Gasteiger partial charge in [0.15, 0.2) is 5.96 Å². The summed E-state index contributed by atoms with van der Waals surface area (Å²) >= 11 is 0. The van der Waals surface area contributed by atoms with Crippen LogP contribution in [-0.4, -0.2) is 37.6 Å². The average Bonchev–Trinajstić information content (AvgIpc) is 3.23. The first-order valence-corrected chi connectivity index (χ1v) is 9.86. The molecule has 5 heteroatoms. The van der Waals surface area contributed by atoms with Crippen LogP contribution < -0.4 is 15.5 Å². The Kier molecular flexibility index (Phi) is 6.69. The third-order valence-corrected chi connectivity index (χ3v) is 5.11. The maximum atomic E-state index is 4.52. The predicted molar refractivity (Wildman–Crippen MR) is 113 cm³/mol. The van der Waals surface area contributed by atoms with E-state index in [0.29, 0.717) is 5.92 Å². The summed E-state index contributed by atoms with van der Waals surface area (Å²) in [6.07, 6.45) is 4.43. The van der Waals surface area contributed by atoms with Gasteiger partial charge in [0.25, 0.3) is 0 Å². The highest BCUT2D eigenvalue weighted by atomic mass is 15.2. The monoisotopic (exact) mass is 365 g/mol. The van der Waals surface area contributed by atoms with E-state index >= 15 is 0 Å². The van der Waals surface area contributed by atoms with Crippen LogP contribution in [0.3, 0.4) is 0 Å². The van der Waals surface area contributed by atoms with Crippen molar-refractivity contribution in [3.63, 3.8) is 0 Å². The molecule has 1 saturated heterocycles. The molecule has 0 spiro atoms. The SMILES string of the molecule is CN=C(NCc1ccnc(N2CCCC2)c1)NCC(C)c1cccc(C)c1. The van der Waals surface area contributed by atoms with Gasteiger partial charge in [-0.2, -0.15) is 0 Å². The molecule has 0 aliphatic carbocycles. The Hall–Kier alpha value is -2.56. The van der Waals surface area contributed by atoms with Crippen molar-refractivity contribution in [2.75, 3.05) is 31.6 Å². The zero-order valence-corrected chi connectivity index (χ0v) is 16.7. The largest absolute Gasteiger partial charge is 0.357 e. The number of benzene rings is 1. The first-order chi connectivity index (χ1) is 13.2. The van der Waals surface area contributed by atoms with Crippen LogP contribution in [0.4, 0.5) is 5.82 Å². The number of nitrogens with zero attached hydrogens (tertiary/aromatic N) is 3. The second-order valence-corrected chi connectivity index (χ2v) is 7.34. The summed E-state index contributed by atoms with van der Waals surface area (Å²) in [7, 11) is 1.81. The van der Waals surface area contributed by atoms with Crippen molar-refractivity contribution in [3.05, 3.63) is 59.3 Å². The van der Waals surface area contributed by atoms with E-state index in [0.717, 1.165) is 38.0 Å². The number of anilines is 1. The third kappa shape index (κ3) is 5.46. The molecule has 1 unspecified atom stereocenters. The van der Waals surface area contributed by atoms with Gasteiger partial charge in [0.1, 0.15) is 5.82 Å². The molecule has 1 aromatic carbocycles. The molecule has 2 aromatic rings. The molecule has 5 nitrogen and oxygen atoms in total. The molecular weight excluding hydrogens is 334 g/mol. The van der Waals surface area contributed by atoms with Crippen molar-refractivity contribution in [1.82, 2.24) is 15.6 Å². The second kappa shape index (κ2) is 9.40. The molecule has 1 aromatic heterocycles. The Morgan fingerprint density at radius 3 is 2.74 bits per heavy atom. The molecule has 1 aliphatic heterocycles. The van der Waals surface area contributed by atoms with E-state index in [4.69, 9.17) is 0 Å². The summed E-state index contributed by atoms with van der Waals surface area (Å²) in [4.78, 5) is 11.2. The number of aliphatic imine (C=N–C) groups is 1. The molecule has 2 heterocycles. The normalized spacial score (nSPS) is 15.7. The molecule has 1 atom stereocenters. The van der Waals surface area contributed by atoms with Crippen molar-refractivity contribution < 1.29 is 0 Å². The number of aromatic nitrogens is 1. The van der Waals surface area contributed by atoms with E-state index in [-0.39, 0.29) is 0 Å². The molecule has 0 radical (unpaired) electrons. The van der Waals surface area contributed by atoms with Gasteiger partial charge in [-0.1, -0.05) is 36.8 Å². The van der Waals surface area contributed by atoms with Crippen molar-refractivity contribution >= 4 is 11.8 Å². The minimum Gasteiger partial charge on any atom is -0.357 e. The Morgan fingerprint density at radius 2 is 2.00 bits per heavy atom. The van der Waals surface area contributed by atoms with Gasteiger partial charge in [-0.15, -0.1) is 0 Å². The van der Waals surface area contributed by atoms with Crippen LogP contribution in [0, 0.1) is 6.92 Å². The quantitative estimate of drug-likeness (QED) is 0.608. The van der Waals surface area contributed by atoms with Crippen LogP contribution in [0.25, 0.3) is 0 Å². The lowest BCUT2D eigenvalue weighted by atomic mass is 9.99. The van der Waals surface area contributed by atoms with Crippen molar-refractivity contribution in [1.29, 1.82) is 0 Å². The van der Waals surface area contributed by atoms with E-state index in [1.54, 1.807) is 0 Å². The average molecular weight is 366 g/mol. The molecule has 1 aliphatic rings. The van der Waals surface area contributed by atoms with E-state index in [2.05, 4.69) is 75.8 Å². The second-order valence-electron chi connectivity index (χ2n) is 7.34.